The number of aliphatic hydroxyl groups excluding tert-OH is 2. The first kappa shape index (κ1) is 17.8. The molecule has 2 N–H and O–H groups in total. The lowest BCUT2D eigenvalue weighted by atomic mass is 10.1. The van der Waals surface area contributed by atoms with Crippen LogP contribution in [0, 0.1) is 17.8 Å². The van der Waals surface area contributed by atoms with Crippen molar-refractivity contribution in [3.05, 3.63) is 24.5 Å². The molecule has 108 valence electrons. The van der Waals surface area contributed by atoms with Gasteiger partial charge in [0.25, 0.3) is 0 Å². The molecule has 0 radical (unpaired) electrons. The maximum absolute atomic E-state index is 8.98. The molecule has 0 aromatic rings. The van der Waals surface area contributed by atoms with Crippen LogP contribution in [0.1, 0.15) is 39.5 Å². The zero-order chi connectivity index (χ0) is 14.3. The molecule has 0 aliphatic heterocycles. The van der Waals surface area contributed by atoms with Gasteiger partial charge in [-0.15, -0.1) is 0 Å². The number of allylic oxidation sites excluding steroid dienone is 3. The van der Waals surface area contributed by atoms with Gasteiger partial charge in [0.2, 0.25) is 0 Å². The number of aliphatic hydroxyl groups is 2. The van der Waals surface area contributed by atoms with E-state index in [-0.39, 0.29) is 13.2 Å². The van der Waals surface area contributed by atoms with E-state index in [1.54, 1.807) is 6.08 Å². The van der Waals surface area contributed by atoms with Gasteiger partial charge in [-0.25, -0.2) is 0 Å². The number of rotatable bonds is 9. The Morgan fingerprint density at radius 3 is 2.58 bits per heavy atom. The molecular weight excluding hydrogens is 240 g/mol. The monoisotopic (exact) mass is 266 g/mol. The summed E-state index contributed by atoms with van der Waals surface area (Å²) in [5, 5.41) is 17.5. The Kier molecular flexibility index (Phi) is 12.3. The topological polar surface area (TPSA) is 49.7 Å². The SMILES string of the molecule is CC(C)CCCC/C=C\C#C/C=C\OC[C@@H](O)CO. The summed E-state index contributed by atoms with van der Waals surface area (Å²) < 4.78 is 4.95. The smallest absolute Gasteiger partial charge is 0.115 e. The zero-order valence-electron chi connectivity index (χ0n) is 12.0. The van der Waals surface area contributed by atoms with Gasteiger partial charge in [-0.2, -0.15) is 0 Å². The number of unbranched alkanes of at least 4 members (excludes halogenated alkanes) is 2. The van der Waals surface area contributed by atoms with Crippen LogP contribution >= 0.6 is 0 Å². The molecule has 0 fully saturated rings. The van der Waals surface area contributed by atoms with Crippen molar-refractivity contribution in [3.8, 4) is 11.8 Å². The summed E-state index contributed by atoms with van der Waals surface area (Å²) in [6.07, 6.45) is 11.0. The summed E-state index contributed by atoms with van der Waals surface area (Å²) in [5.41, 5.74) is 0. The lowest BCUT2D eigenvalue weighted by Crippen LogP contribution is -2.17. The molecule has 0 aromatic carbocycles. The van der Waals surface area contributed by atoms with E-state index in [9.17, 15) is 0 Å². The van der Waals surface area contributed by atoms with Crippen LogP contribution in [0.15, 0.2) is 24.5 Å². The Balaban J connectivity index is 3.49. The maximum atomic E-state index is 8.98. The van der Waals surface area contributed by atoms with Gasteiger partial charge in [0, 0.05) is 6.08 Å². The highest BCUT2D eigenvalue weighted by molar-refractivity contribution is 5.22. The minimum Gasteiger partial charge on any atom is -0.498 e. The summed E-state index contributed by atoms with van der Waals surface area (Å²) in [6, 6.07) is 0. The normalized spacial score (nSPS) is 12.9. The second kappa shape index (κ2) is 13.2. The lowest BCUT2D eigenvalue weighted by molar-refractivity contribution is 0.0385. The average Bonchev–Trinajstić information content (AvgIpc) is 2.39. The van der Waals surface area contributed by atoms with Crippen molar-refractivity contribution < 1.29 is 14.9 Å². The number of hydrogen-bond donors (Lipinski definition) is 2. The molecule has 0 heterocycles. The van der Waals surface area contributed by atoms with E-state index in [4.69, 9.17) is 14.9 Å². The molecule has 0 bridgehead atoms. The molecule has 0 rings (SSSR count). The highest BCUT2D eigenvalue weighted by atomic mass is 16.5. The van der Waals surface area contributed by atoms with Crippen LogP contribution in [-0.2, 0) is 4.74 Å². The van der Waals surface area contributed by atoms with Gasteiger partial charge in [0.05, 0.1) is 12.9 Å². The third-order valence-corrected chi connectivity index (χ3v) is 2.43. The quantitative estimate of drug-likeness (QED) is 0.383. The molecule has 0 amide bonds. The second-order valence-electron chi connectivity index (χ2n) is 4.84. The molecule has 1 atom stereocenters. The molecule has 0 saturated heterocycles. The summed E-state index contributed by atoms with van der Waals surface area (Å²) in [5.74, 6) is 6.47. The van der Waals surface area contributed by atoms with Crippen molar-refractivity contribution in [2.45, 2.75) is 45.6 Å². The maximum Gasteiger partial charge on any atom is 0.115 e. The van der Waals surface area contributed by atoms with E-state index in [0.29, 0.717) is 0 Å². The third kappa shape index (κ3) is 14.7. The van der Waals surface area contributed by atoms with Gasteiger partial charge in [0.15, 0.2) is 0 Å². The van der Waals surface area contributed by atoms with Crippen molar-refractivity contribution >= 4 is 0 Å². The molecule has 0 aliphatic carbocycles. The summed E-state index contributed by atoms with van der Waals surface area (Å²) >= 11 is 0. The molecule has 0 spiro atoms. The van der Waals surface area contributed by atoms with Crippen molar-refractivity contribution in [3.63, 3.8) is 0 Å². The Morgan fingerprint density at radius 1 is 1.16 bits per heavy atom. The molecule has 0 saturated carbocycles. The fourth-order valence-corrected chi connectivity index (χ4v) is 1.35. The molecule has 3 heteroatoms. The zero-order valence-corrected chi connectivity index (χ0v) is 12.0. The van der Waals surface area contributed by atoms with Gasteiger partial charge in [-0.1, -0.05) is 44.6 Å². The fourth-order valence-electron chi connectivity index (χ4n) is 1.35. The number of hydrogen-bond acceptors (Lipinski definition) is 3. The van der Waals surface area contributed by atoms with E-state index in [0.717, 1.165) is 12.3 Å². The summed E-state index contributed by atoms with van der Waals surface area (Å²) in [6.45, 7) is 4.28. The van der Waals surface area contributed by atoms with Crippen LogP contribution in [0.5, 0.6) is 0 Å². The van der Waals surface area contributed by atoms with E-state index >= 15 is 0 Å². The van der Waals surface area contributed by atoms with Gasteiger partial charge < -0.3 is 14.9 Å². The van der Waals surface area contributed by atoms with Gasteiger partial charge in [-0.3, -0.25) is 0 Å². The van der Waals surface area contributed by atoms with Crippen LogP contribution in [0.4, 0.5) is 0 Å². The van der Waals surface area contributed by atoms with Crippen LogP contribution in [0.2, 0.25) is 0 Å². The highest BCUT2D eigenvalue weighted by Crippen LogP contribution is 2.07. The first-order valence-corrected chi connectivity index (χ1v) is 6.88. The van der Waals surface area contributed by atoms with Crippen LogP contribution in [0.3, 0.4) is 0 Å². The Labute approximate surface area is 117 Å². The van der Waals surface area contributed by atoms with Crippen molar-refractivity contribution in [1.82, 2.24) is 0 Å². The minimum atomic E-state index is -0.830. The molecule has 19 heavy (non-hydrogen) atoms. The van der Waals surface area contributed by atoms with Gasteiger partial charge >= 0.3 is 0 Å². The summed E-state index contributed by atoms with van der Waals surface area (Å²) in [7, 11) is 0. The molecule has 0 aliphatic rings. The predicted octanol–water partition coefficient (Wildman–Crippen LogP) is 2.65. The molecule has 0 unspecified atom stereocenters. The molecular formula is C16H26O3. The first-order chi connectivity index (χ1) is 9.16. The molecule has 3 nitrogen and oxygen atoms in total. The minimum absolute atomic E-state index is 0.0837. The first-order valence-electron chi connectivity index (χ1n) is 6.88. The van der Waals surface area contributed by atoms with Crippen LogP contribution in [0.25, 0.3) is 0 Å². The Bertz CT molecular complexity index is 308. The highest BCUT2D eigenvalue weighted by Gasteiger charge is 1.98. The fraction of sp³-hybridized carbons (Fsp3) is 0.625. The van der Waals surface area contributed by atoms with E-state index < -0.39 is 6.10 Å². The van der Waals surface area contributed by atoms with E-state index in [1.165, 1.54) is 25.5 Å². The molecule has 0 aromatic heterocycles. The Morgan fingerprint density at radius 2 is 1.89 bits per heavy atom. The predicted molar refractivity (Wildman–Crippen MR) is 78.4 cm³/mol. The lowest BCUT2D eigenvalue weighted by Gasteiger charge is -2.04. The van der Waals surface area contributed by atoms with Crippen molar-refractivity contribution in [2.75, 3.05) is 13.2 Å². The van der Waals surface area contributed by atoms with E-state index in [2.05, 4.69) is 31.8 Å². The second-order valence-corrected chi connectivity index (χ2v) is 4.84. The largest absolute Gasteiger partial charge is 0.498 e. The summed E-state index contributed by atoms with van der Waals surface area (Å²) in [4.78, 5) is 0. The average molecular weight is 266 g/mol. The number of ether oxygens (including phenoxy) is 1. The Hall–Kier alpha value is -1.24. The van der Waals surface area contributed by atoms with Crippen LogP contribution < -0.4 is 0 Å². The third-order valence-electron chi connectivity index (χ3n) is 2.43. The van der Waals surface area contributed by atoms with E-state index in [1.807, 2.05) is 6.08 Å². The standard InChI is InChI=1S/C16H26O3/c1-15(2)11-9-7-5-3-4-6-8-10-12-19-14-16(18)13-17/h3-4,10,12,15-18H,5,7,9,11,13-14H2,1-2H3/b4-3-,12-10-/t16-/m0/s1. The van der Waals surface area contributed by atoms with Gasteiger partial charge in [0.1, 0.15) is 12.7 Å². The van der Waals surface area contributed by atoms with Crippen molar-refractivity contribution in [1.29, 1.82) is 0 Å². The van der Waals surface area contributed by atoms with Crippen molar-refractivity contribution in [2.24, 2.45) is 5.92 Å². The van der Waals surface area contributed by atoms with Gasteiger partial charge in [-0.05, 0) is 24.8 Å². The van der Waals surface area contributed by atoms with Crippen LogP contribution in [-0.4, -0.2) is 29.5 Å².